The molecule has 0 bridgehead atoms. The lowest BCUT2D eigenvalue weighted by molar-refractivity contribution is -0.136. The van der Waals surface area contributed by atoms with Crippen LogP contribution >= 0.6 is 0 Å². The minimum Gasteiger partial charge on any atom is -0.456 e. The molecule has 0 heterocycles. The Labute approximate surface area is 150 Å². The van der Waals surface area contributed by atoms with Crippen molar-refractivity contribution >= 4 is 12.1 Å². The van der Waals surface area contributed by atoms with Gasteiger partial charge in [-0.3, -0.25) is 0 Å². The van der Waals surface area contributed by atoms with Crippen molar-refractivity contribution in [2.75, 3.05) is 6.61 Å². The molecule has 1 amide bonds. The molecule has 0 radical (unpaired) electrons. The average Bonchev–Trinajstić information content (AvgIpc) is 2.51. The summed E-state index contributed by atoms with van der Waals surface area (Å²) in [5, 5.41) is 13.1. The molecule has 25 heavy (non-hydrogen) atoms. The van der Waals surface area contributed by atoms with Crippen LogP contribution in [0.3, 0.4) is 0 Å². The van der Waals surface area contributed by atoms with Crippen LogP contribution in [0.5, 0.6) is 0 Å². The molecule has 0 aliphatic heterocycles. The fraction of sp³-hybridized carbons (Fsp3) is 0.789. The Balaban J connectivity index is 2.74. The molecule has 6 heteroatoms. The zero-order valence-electron chi connectivity index (χ0n) is 15.8. The highest BCUT2D eigenvalue weighted by molar-refractivity contribution is 5.88. The van der Waals surface area contributed by atoms with Gasteiger partial charge < -0.3 is 19.9 Å². The number of aliphatic hydroxyl groups is 1. The summed E-state index contributed by atoms with van der Waals surface area (Å²) in [6, 6.07) is -0.583. The molecule has 1 rings (SSSR count). The van der Waals surface area contributed by atoms with Crippen LogP contribution in [0, 0.1) is 17.8 Å². The lowest BCUT2D eigenvalue weighted by Gasteiger charge is -2.29. The van der Waals surface area contributed by atoms with Gasteiger partial charge in [-0.05, 0) is 40.0 Å². The molecule has 0 spiro atoms. The summed E-state index contributed by atoms with van der Waals surface area (Å²) in [6.07, 6.45) is 4.56. The molecule has 1 unspecified atom stereocenters. The molecule has 1 saturated carbocycles. The summed E-state index contributed by atoms with van der Waals surface area (Å²) in [5.41, 5.74) is -0.624. The molecule has 1 fully saturated rings. The third-order valence-corrected chi connectivity index (χ3v) is 3.99. The van der Waals surface area contributed by atoms with Crippen LogP contribution in [0.4, 0.5) is 4.79 Å². The molecular formula is C19H31NO5. The predicted octanol–water partition coefficient (Wildman–Crippen LogP) is 2.78. The number of ether oxygens (including phenoxy) is 2. The van der Waals surface area contributed by atoms with Crippen molar-refractivity contribution in [1.82, 2.24) is 5.32 Å². The van der Waals surface area contributed by atoms with E-state index in [0.29, 0.717) is 12.3 Å². The van der Waals surface area contributed by atoms with Crippen LogP contribution in [-0.4, -0.2) is 41.5 Å². The number of esters is 1. The molecule has 1 aliphatic carbocycles. The molecule has 1 aliphatic rings. The Morgan fingerprint density at radius 1 is 1.24 bits per heavy atom. The predicted molar refractivity (Wildman–Crippen MR) is 94.8 cm³/mol. The maximum Gasteiger partial charge on any atom is 0.407 e. The fourth-order valence-electron chi connectivity index (χ4n) is 2.91. The lowest BCUT2D eigenvalue weighted by Crippen LogP contribution is -2.46. The SMILES string of the molecule is CCOC(=O)C#CC(O)[C@H](CC1CCCCC1)NC(=O)OC(C)(C)C. The third kappa shape index (κ3) is 9.35. The van der Waals surface area contributed by atoms with Crippen molar-refractivity contribution in [1.29, 1.82) is 0 Å². The topological polar surface area (TPSA) is 84.9 Å². The van der Waals surface area contributed by atoms with Gasteiger partial charge >= 0.3 is 12.1 Å². The van der Waals surface area contributed by atoms with Gasteiger partial charge in [0.2, 0.25) is 0 Å². The maximum atomic E-state index is 12.1. The minimum absolute atomic E-state index is 0.227. The number of nitrogens with one attached hydrogen (secondary N) is 1. The van der Waals surface area contributed by atoms with Crippen molar-refractivity contribution < 1.29 is 24.2 Å². The highest BCUT2D eigenvalue weighted by atomic mass is 16.6. The van der Waals surface area contributed by atoms with E-state index in [2.05, 4.69) is 17.2 Å². The van der Waals surface area contributed by atoms with Gasteiger partial charge in [0.05, 0.1) is 12.6 Å². The number of carbonyl (C=O) groups excluding carboxylic acids is 2. The lowest BCUT2D eigenvalue weighted by atomic mass is 9.84. The summed E-state index contributed by atoms with van der Waals surface area (Å²) in [6.45, 7) is 7.25. The van der Waals surface area contributed by atoms with E-state index in [1.807, 2.05) is 0 Å². The van der Waals surface area contributed by atoms with Crippen molar-refractivity contribution in [2.24, 2.45) is 5.92 Å². The van der Waals surface area contributed by atoms with Crippen LogP contribution in [0.25, 0.3) is 0 Å². The van der Waals surface area contributed by atoms with Gasteiger partial charge in [0.1, 0.15) is 11.7 Å². The number of amides is 1. The highest BCUT2D eigenvalue weighted by Crippen LogP contribution is 2.28. The monoisotopic (exact) mass is 353 g/mol. The molecule has 2 N–H and O–H groups in total. The van der Waals surface area contributed by atoms with E-state index in [9.17, 15) is 14.7 Å². The van der Waals surface area contributed by atoms with Gasteiger partial charge in [0.25, 0.3) is 0 Å². The summed E-state index contributed by atoms with van der Waals surface area (Å²) < 4.78 is 10.0. The van der Waals surface area contributed by atoms with E-state index < -0.39 is 29.8 Å². The summed E-state index contributed by atoms with van der Waals surface area (Å²) >= 11 is 0. The second kappa shape index (κ2) is 10.3. The molecule has 6 nitrogen and oxygen atoms in total. The third-order valence-electron chi connectivity index (χ3n) is 3.99. The first-order valence-corrected chi connectivity index (χ1v) is 9.07. The van der Waals surface area contributed by atoms with E-state index in [0.717, 1.165) is 25.7 Å². The molecule has 142 valence electrons. The van der Waals surface area contributed by atoms with E-state index in [-0.39, 0.29) is 6.61 Å². The molecule has 0 saturated heterocycles. The zero-order valence-corrected chi connectivity index (χ0v) is 15.8. The van der Waals surface area contributed by atoms with Gasteiger partial charge in [-0.25, -0.2) is 9.59 Å². The van der Waals surface area contributed by atoms with Crippen molar-refractivity contribution in [3.8, 4) is 11.8 Å². The molecule has 0 aromatic carbocycles. The van der Waals surface area contributed by atoms with E-state index in [1.165, 1.54) is 6.42 Å². The fourth-order valence-corrected chi connectivity index (χ4v) is 2.91. The summed E-state index contributed by atoms with van der Waals surface area (Å²) in [5.74, 6) is 4.49. The second-order valence-electron chi connectivity index (χ2n) is 7.43. The van der Waals surface area contributed by atoms with Crippen LogP contribution < -0.4 is 5.32 Å². The molecule has 2 atom stereocenters. The number of hydrogen-bond acceptors (Lipinski definition) is 5. The van der Waals surface area contributed by atoms with Gasteiger partial charge in [-0.2, -0.15) is 0 Å². The standard InChI is InChI=1S/C19H31NO5/c1-5-24-17(22)12-11-16(21)15(13-14-9-7-6-8-10-14)20-18(23)25-19(2,3)4/h14-16,21H,5-10,13H2,1-4H3,(H,20,23)/t15-,16?/m0/s1. The van der Waals surface area contributed by atoms with Gasteiger partial charge in [0, 0.05) is 5.92 Å². The van der Waals surface area contributed by atoms with Gasteiger partial charge in [-0.1, -0.05) is 38.0 Å². The first-order valence-electron chi connectivity index (χ1n) is 9.07. The Bertz CT molecular complexity index is 494. The van der Waals surface area contributed by atoms with Crippen LogP contribution in [-0.2, 0) is 14.3 Å². The largest absolute Gasteiger partial charge is 0.456 e. The number of alkyl carbamates (subject to hydrolysis) is 1. The number of rotatable bonds is 5. The summed E-state index contributed by atoms with van der Waals surface area (Å²) in [4.78, 5) is 23.4. The smallest absolute Gasteiger partial charge is 0.407 e. The number of carbonyl (C=O) groups is 2. The van der Waals surface area contributed by atoms with Gasteiger partial charge in [0.15, 0.2) is 0 Å². The summed E-state index contributed by atoms with van der Waals surface area (Å²) in [7, 11) is 0. The molecular weight excluding hydrogens is 322 g/mol. The minimum atomic E-state index is -1.15. The second-order valence-corrected chi connectivity index (χ2v) is 7.43. The van der Waals surface area contributed by atoms with Crippen molar-refractivity contribution in [2.45, 2.75) is 84.0 Å². The first kappa shape index (κ1) is 21.3. The van der Waals surface area contributed by atoms with Gasteiger partial charge in [-0.15, -0.1) is 0 Å². The van der Waals surface area contributed by atoms with Crippen LogP contribution in [0.2, 0.25) is 0 Å². The van der Waals surface area contributed by atoms with Crippen molar-refractivity contribution in [3.05, 3.63) is 0 Å². The Morgan fingerprint density at radius 2 is 1.88 bits per heavy atom. The molecule has 0 aromatic heterocycles. The maximum absolute atomic E-state index is 12.1. The zero-order chi connectivity index (χ0) is 18.9. The van der Waals surface area contributed by atoms with E-state index in [4.69, 9.17) is 9.47 Å². The Morgan fingerprint density at radius 3 is 2.44 bits per heavy atom. The number of aliphatic hydroxyl groups excluding tert-OH is 1. The van der Waals surface area contributed by atoms with Crippen LogP contribution in [0.1, 0.15) is 66.2 Å². The number of hydrogen-bond donors (Lipinski definition) is 2. The highest BCUT2D eigenvalue weighted by Gasteiger charge is 2.27. The normalized spacial score (nSPS) is 17.6. The average molecular weight is 353 g/mol. The Kier molecular flexibility index (Phi) is 8.77. The quantitative estimate of drug-likeness (QED) is 0.451. The van der Waals surface area contributed by atoms with E-state index in [1.54, 1.807) is 27.7 Å². The molecule has 0 aromatic rings. The van der Waals surface area contributed by atoms with Crippen LogP contribution in [0.15, 0.2) is 0 Å². The first-order chi connectivity index (χ1) is 11.7. The van der Waals surface area contributed by atoms with Crippen molar-refractivity contribution in [3.63, 3.8) is 0 Å². The van der Waals surface area contributed by atoms with E-state index >= 15 is 0 Å². The Hall–Kier alpha value is -1.74.